The SMILES string of the molecule is O=C(c1ccc2c(c1)NCC2)C1CCCCCC1. The third-order valence-corrected chi connectivity index (χ3v) is 4.33. The smallest absolute Gasteiger partial charge is 0.166 e. The van der Waals surface area contributed by atoms with Crippen LogP contribution in [0.3, 0.4) is 0 Å². The quantitative estimate of drug-likeness (QED) is 0.632. The van der Waals surface area contributed by atoms with Gasteiger partial charge in [0.05, 0.1) is 0 Å². The summed E-state index contributed by atoms with van der Waals surface area (Å²) >= 11 is 0. The predicted octanol–water partition coefficient (Wildman–Crippen LogP) is 3.81. The zero-order valence-electron chi connectivity index (χ0n) is 10.9. The lowest BCUT2D eigenvalue weighted by molar-refractivity contribution is 0.0908. The molecule has 1 aliphatic carbocycles. The Balaban J connectivity index is 1.79. The van der Waals surface area contributed by atoms with Crippen LogP contribution in [0.15, 0.2) is 18.2 Å². The van der Waals surface area contributed by atoms with Crippen molar-refractivity contribution < 1.29 is 4.79 Å². The lowest BCUT2D eigenvalue weighted by Gasteiger charge is -2.13. The summed E-state index contributed by atoms with van der Waals surface area (Å²) in [5.41, 5.74) is 3.44. The van der Waals surface area contributed by atoms with E-state index < -0.39 is 0 Å². The maximum absolute atomic E-state index is 12.5. The molecule has 0 saturated heterocycles. The van der Waals surface area contributed by atoms with Gasteiger partial charge < -0.3 is 5.32 Å². The van der Waals surface area contributed by atoms with Crippen LogP contribution in [0.4, 0.5) is 5.69 Å². The van der Waals surface area contributed by atoms with E-state index in [2.05, 4.69) is 17.4 Å². The van der Waals surface area contributed by atoms with Gasteiger partial charge >= 0.3 is 0 Å². The first-order valence-corrected chi connectivity index (χ1v) is 7.25. The summed E-state index contributed by atoms with van der Waals surface area (Å²) in [5.74, 6) is 0.639. The number of rotatable bonds is 2. The molecule has 0 radical (unpaired) electrons. The molecule has 0 aromatic heterocycles. The van der Waals surface area contributed by atoms with Crippen molar-refractivity contribution in [1.82, 2.24) is 0 Å². The Morgan fingerprint density at radius 2 is 1.89 bits per heavy atom. The van der Waals surface area contributed by atoms with E-state index in [1.165, 1.54) is 36.9 Å². The Kier molecular flexibility index (Phi) is 3.35. The summed E-state index contributed by atoms with van der Waals surface area (Å²) in [5, 5.41) is 3.36. The van der Waals surface area contributed by atoms with Crippen molar-refractivity contribution in [3.63, 3.8) is 0 Å². The molecule has 2 aliphatic rings. The lowest BCUT2D eigenvalue weighted by Crippen LogP contribution is -2.14. The fourth-order valence-corrected chi connectivity index (χ4v) is 3.22. The van der Waals surface area contributed by atoms with E-state index in [4.69, 9.17) is 0 Å². The monoisotopic (exact) mass is 243 g/mol. The normalized spacial score (nSPS) is 20.0. The van der Waals surface area contributed by atoms with Crippen molar-refractivity contribution in [2.45, 2.75) is 44.9 Å². The summed E-state index contributed by atoms with van der Waals surface area (Å²) in [6.45, 7) is 1.01. The number of fused-ring (bicyclic) bond motifs is 1. The van der Waals surface area contributed by atoms with Gasteiger partial charge in [-0.15, -0.1) is 0 Å². The van der Waals surface area contributed by atoms with Crippen molar-refractivity contribution in [2.24, 2.45) is 5.92 Å². The van der Waals surface area contributed by atoms with Gasteiger partial charge in [0.2, 0.25) is 0 Å². The minimum absolute atomic E-state index is 0.270. The van der Waals surface area contributed by atoms with Crippen LogP contribution in [0.5, 0.6) is 0 Å². The highest BCUT2D eigenvalue weighted by Crippen LogP contribution is 2.29. The highest BCUT2D eigenvalue weighted by molar-refractivity contribution is 5.99. The molecule has 96 valence electrons. The topological polar surface area (TPSA) is 29.1 Å². The molecule has 1 fully saturated rings. The summed E-state index contributed by atoms with van der Waals surface area (Å²) in [4.78, 5) is 12.5. The van der Waals surface area contributed by atoms with Crippen molar-refractivity contribution >= 4 is 11.5 Å². The molecule has 1 saturated carbocycles. The predicted molar refractivity (Wildman–Crippen MR) is 74.2 cm³/mol. The molecule has 1 aliphatic heterocycles. The second-order valence-electron chi connectivity index (χ2n) is 5.60. The summed E-state index contributed by atoms with van der Waals surface area (Å²) in [6, 6.07) is 6.22. The first-order chi connectivity index (χ1) is 8.84. The highest BCUT2D eigenvalue weighted by atomic mass is 16.1. The number of anilines is 1. The Labute approximate surface area is 109 Å². The summed E-state index contributed by atoms with van der Waals surface area (Å²) < 4.78 is 0. The van der Waals surface area contributed by atoms with Crippen LogP contribution in [0, 0.1) is 5.92 Å². The number of Topliss-reactive ketones (excluding diaryl/α,β-unsaturated/α-hetero) is 1. The van der Waals surface area contributed by atoms with Gasteiger partial charge in [-0.05, 0) is 30.9 Å². The average molecular weight is 243 g/mol. The zero-order chi connectivity index (χ0) is 12.4. The Bertz CT molecular complexity index is 444. The van der Waals surface area contributed by atoms with Crippen LogP contribution in [-0.4, -0.2) is 12.3 Å². The van der Waals surface area contributed by atoms with E-state index in [1.54, 1.807) is 0 Å². The van der Waals surface area contributed by atoms with E-state index >= 15 is 0 Å². The average Bonchev–Trinajstić information content (AvgIpc) is 2.69. The zero-order valence-corrected chi connectivity index (χ0v) is 10.9. The first kappa shape index (κ1) is 11.8. The molecule has 3 rings (SSSR count). The van der Waals surface area contributed by atoms with Gasteiger partial charge in [0.15, 0.2) is 5.78 Å². The molecule has 2 nitrogen and oxygen atoms in total. The van der Waals surface area contributed by atoms with Gasteiger partial charge in [0, 0.05) is 23.7 Å². The second kappa shape index (κ2) is 5.13. The molecule has 0 unspecified atom stereocenters. The lowest BCUT2D eigenvalue weighted by atomic mass is 9.90. The minimum Gasteiger partial charge on any atom is -0.384 e. The summed E-state index contributed by atoms with van der Waals surface area (Å²) in [6.07, 6.45) is 8.31. The molecule has 0 bridgehead atoms. The Morgan fingerprint density at radius 1 is 1.11 bits per heavy atom. The maximum atomic E-state index is 12.5. The van der Waals surface area contributed by atoms with Crippen molar-refractivity contribution in [2.75, 3.05) is 11.9 Å². The molecule has 1 heterocycles. The molecular formula is C16H21NO. The van der Waals surface area contributed by atoms with Crippen molar-refractivity contribution in [3.05, 3.63) is 29.3 Å². The minimum atomic E-state index is 0.270. The number of nitrogens with one attached hydrogen (secondary N) is 1. The van der Waals surface area contributed by atoms with E-state index in [1.807, 2.05) is 6.07 Å². The molecule has 1 aromatic carbocycles. The number of hydrogen-bond acceptors (Lipinski definition) is 2. The van der Waals surface area contributed by atoms with Crippen molar-refractivity contribution in [3.8, 4) is 0 Å². The number of hydrogen-bond donors (Lipinski definition) is 1. The first-order valence-electron chi connectivity index (χ1n) is 7.25. The van der Waals surface area contributed by atoms with E-state index in [0.717, 1.165) is 31.4 Å². The van der Waals surface area contributed by atoms with Crippen LogP contribution in [0.25, 0.3) is 0 Å². The molecule has 0 atom stereocenters. The number of ketones is 1. The standard InChI is InChI=1S/C16H21NO/c18-16(13-5-3-1-2-4-6-13)14-8-7-12-9-10-17-15(12)11-14/h7-8,11,13,17H,1-6,9-10H2. The largest absolute Gasteiger partial charge is 0.384 e. The van der Waals surface area contributed by atoms with Crippen LogP contribution in [0.1, 0.15) is 54.4 Å². The molecular weight excluding hydrogens is 222 g/mol. The highest BCUT2D eigenvalue weighted by Gasteiger charge is 2.22. The van der Waals surface area contributed by atoms with Crippen LogP contribution >= 0.6 is 0 Å². The molecule has 1 N–H and O–H groups in total. The van der Waals surface area contributed by atoms with Gasteiger partial charge in [-0.3, -0.25) is 4.79 Å². The van der Waals surface area contributed by atoms with E-state index in [9.17, 15) is 4.79 Å². The fourth-order valence-electron chi connectivity index (χ4n) is 3.22. The molecule has 0 spiro atoms. The third kappa shape index (κ3) is 2.29. The van der Waals surface area contributed by atoms with Crippen LogP contribution < -0.4 is 5.32 Å². The van der Waals surface area contributed by atoms with Gasteiger partial charge in [-0.25, -0.2) is 0 Å². The Hall–Kier alpha value is -1.31. The molecule has 2 heteroatoms. The van der Waals surface area contributed by atoms with Gasteiger partial charge in [0.1, 0.15) is 0 Å². The van der Waals surface area contributed by atoms with Crippen LogP contribution in [0.2, 0.25) is 0 Å². The number of benzene rings is 1. The van der Waals surface area contributed by atoms with E-state index in [-0.39, 0.29) is 5.92 Å². The molecule has 18 heavy (non-hydrogen) atoms. The molecule has 1 aromatic rings. The van der Waals surface area contributed by atoms with Gasteiger partial charge in [0.25, 0.3) is 0 Å². The number of carbonyl (C=O) groups excluding carboxylic acids is 1. The van der Waals surface area contributed by atoms with Crippen molar-refractivity contribution in [1.29, 1.82) is 0 Å². The second-order valence-corrected chi connectivity index (χ2v) is 5.60. The van der Waals surface area contributed by atoms with Gasteiger partial charge in [-0.2, -0.15) is 0 Å². The number of carbonyl (C=O) groups is 1. The molecule has 0 amide bonds. The van der Waals surface area contributed by atoms with Crippen LogP contribution in [-0.2, 0) is 6.42 Å². The third-order valence-electron chi connectivity index (χ3n) is 4.33. The maximum Gasteiger partial charge on any atom is 0.166 e. The Morgan fingerprint density at radius 3 is 2.67 bits per heavy atom. The fraction of sp³-hybridized carbons (Fsp3) is 0.562. The van der Waals surface area contributed by atoms with Gasteiger partial charge in [-0.1, -0.05) is 37.8 Å². The van der Waals surface area contributed by atoms with E-state index in [0.29, 0.717) is 5.78 Å². The summed E-state index contributed by atoms with van der Waals surface area (Å²) in [7, 11) is 0.